The fourth-order valence-electron chi connectivity index (χ4n) is 3.26. The predicted octanol–water partition coefficient (Wildman–Crippen LogP) is 2.14. The van der Waals surface area contributed by atoms with Crippen molar-refractivity contribution in [2.24, 2.45) is 23.7 Å². The summed E-state index contributed by atoms with van der Waals surface area (Å²) in [7, 11) is 0. The van der Waals surface area contributed by atoms with Crippen LogP contribution in [0.15, 0.2) is 0 Å². The van der Waals surface area contributed by atoms with Crippen LogP contribution in [0.1, 0.15) is 32.6 Å². The van der Waals surface area contributed by atoms with Gasteiger partial charge in [0, 0.05) is 0 Å². The number of aliphatic carboxylic acids is 1. The lowest BCUT2D eigenvalue weighted by atomic mass is 9.91. The Balaban J connectivity index is 2.14. The zero-order valence-electron chi connectivity index (χ0n) is 7.49. The zero-order valence-corrected chi connectivity index (χ0v) is 7.49. The first kappa shape index (κ1) is 8.09. The van der Waals surface area contributed by atoms with Crippen molar-refractivity contribution in [3.8, 4) is 0 Å². The van der Waals surface area contributed by atoms with Crippen molar-refractivity contribution in [2.75, 3.05) is 0 Å². The van der Waals surface area contributed by atoms with Gasteiger partial charge in [-0.15, -0.1) is 0 Å². The topological polar surface area (TPSA) is 37.3 Å². The maximum atomic E-state index is 10.9. The Labute approximate surface area is 73.0 Å². The molecule has 0 aromatic carbocycles. The van der Waals surface area contributed by atoms with Crippen molar-refractivity contribution < 1.29 is 9.90 Å². The van der Waals surface area contributed by atoms with E-state index in [1.165, 1.54) is 12.8 Å². The van der Waals surface area contributed by atoms with Gasteiger partial charge < -0.3 is 5.11 Å². The van der Waals surface area contributed by atoms with Crippen LogP contribution in [0.25, 0.3) is 0 Å². The monoisotopic (exact) mass is 168 g/mol. The van der Waals surface area contributed by atoms with Crippen LogP contribution in [-0.2, 0) is 4.79 Å². The van der Waals surface area contributed by atoms with Crippen LogP contribution in [0.5, 0.6) is 0 Å². The van der Waals surface area contributed by atoms with Gasteiger partial charge in [-0.2, -0.15) is 0 Å². The highest BCUT2D eigenvalue weighted by Crippen LogP contribution is 2.50. The molecule has 0 heterocycles. The highest BCUT2D eigenvalue weighted by molar-refractivity contribution is 5.71. The van der Waals surface area contributed by atoms with Gasteiger partial charge in [0.2, 0.25) is 0 Å². The summed E-state index contributed by atoms with van der Waals surface area (Å²) >= 11 is 0. The van der Waals surface area contributed by atoms with E-state index in [0.29, 0.717) is 11.8 Å². The minimum atomic E-state index is -0.559. The van der Waals surface area contributed by atoms with Gasteiger partial charge in [-0.05, 0) is 37.0 Å². The molecule has 4 atom stereocenters. The quantitative estimate of drug-likeness (QED) is 0.651. The number of carboxylic acids is 1. The number of hydrogen-bond acceptors (Lipinski definition) is 1. The summed E-state index contributed by atoms with van der Waals surface area (Å²) in [4.78, 5) is 10.9. The minimum absolute atomic E-state index is 0.0208. The van der Waals surface area contributed by atoms with Crippen LogP contribution in [0.3, 0.4) is 0 Å². The van der Waals surface area contributed by atoms with E-state index in [0.717, 1.165) is 18.8 Å². The molecular weight excluding hydrogens is 152 g/mol. The first-order chi connectivity index (χ1) is 5.70. The maximum absolute atomic E-state index is 10.9. The number of hydrogen-bond donors (Lipinski definition) is 1. The van der Waals surface area contributed by atoms with Crippen LogP contribution in [0.4, 0.5) is 0 Å². The van der Waals surface area contributed by atoms with Gasteiger partial charge in [0.1, 0.15) is 0 Å². The molecule has 0 aliphatic heterocycles. The molecule has 2 aliphatic rings. The molecule has 2 heteroatoms. The third kappa shape index (κ3) is 1.05. The summed E-state index contributed by atoms with van der Waals surface area (Å²) in [6, 6.07) is 0. The molecule has 2 aliphatic carbocycles. The Bertz CT molecular complexity index is 200. The first-order valence-corrected chi connectivity index (χ1v) is 4.93. The third-order valence-corrected chi connectivity index (χ3v) is 3.82. The molecule has 0 spiro atoms. The second-order valence-corrected chi connectivity index (χ2v) is 4.42. The average Bonchev–Trinajstić information content (AvgIpc) is 2.53. The van der Waals surface area contributed by atoms with E-state index in [4.69, 9.17) is 5.11 Å². The van der Waals surface area contributed by atoms with Gasteiger partial charge in [-0.1, -0.05) is 13.3 Å². The zero-order chi connectivity index (χ0) is 8.72. The van der Waals surface area contributed by atoms with Crippen molar-refractivity contribution in [1.82, 2.24) is 0 Å². The van der Waals surface area contributed by atoms with Crippen LogP contribution < -0.4 is 0 Å². The molecule has 12 heavy (non-hydrogen) atoms. The van der Waals surface area contributed by atoms with Crippen LogP contribution in [-0.4, -0.2) is 11.1 Å². The lowest BCUT2D eigenvalue weighted by Gasteiger charge is -2.14. The van der Waals surface area contributed by atoms with Gasteiger partial charge in [-0.25, -0.2) is 0 Å². The Morgan fingerprint density at radius 1 is 1.33 bits per heavy atom. The highest BCUT2D eigenvalue weighted by atomic mass is 16.4. The molecule has 0 amide bonds. The van der Waals surface area contributed by atoms with Gasteiger partial charge in [-0.3, -0.25) is 4.79 Å². The Hall–Kier alpha value is -0.530. The van der Waals surface area contributed by atoms with Gasteiger partial charge in [0.15, 0.2) is 0 Å². The molecule has 0 radical (unpaired) electrons. The largest absolute Gasteiger partial charge is 0.481 e. The standard InChI is InChI=1S/C10H16O2/c1-6-5-9(10(11)12)8-4-2-3-7(6)8/h6-9H,2-5H2,1H3,(H,11,12)/t6-,7-,8-,9+/m1/s1. The fraction of sp³-hybridized carbons (Fsp3) is 0.900. The lowest BCUT2D eigenvalue weighted by molar-refractivity contribution is -0.143. The molecule has 2 saturated carbocycles. The third-order valence-electron chi connectivity index (χ3n) is 3.82. The highest BCUT2D eigenvalue weighted by Gasteiger charge is 2.46. The Morgan fingerprint density at radius 2 is 2.00 bits per heavy atom. The fourth-order valence-corrected chi connectivity index (χ4v) is 3.26. The molecule has 2 nitrogen and oxygen atoms in total. The van der Waals surface area contributed by atoms with Gasteiger partial charge in [0.25, 0.3) is 0 Å². The number of fused-ring (bicyclic) bond motifs is 1. The maximum Gasteiger partial charge on any atom is 0.306 e. The van der Waals surface area contributed by atoms with E-state index in [9.17, 15) is 4.79 Å². The molecule has 2 fully saturated rings. The normalized spacial score (nSPS) is 46.1. The summed E-state index contributed by atoms with van der Waals surface area (Å²) in [5.74, 6) is 1.31. The molecule has 0 aromatic rings. The summed E-state index contributed by atoms with van der Waals surface area (Å²) in [6.07, 6.45) is 4.61. The van der Waals surface area contributed by atoms with Gasteiger partial charge in [0.05, 0.1) is 5.92 Å². The summed E-state index contributed by atoms with van der Waals surface area (Å²) in [6.45, 7) is 2.21. The molecule has 1 N–H and O–H groups in total. The second kappa shape index (κ2) is 2.75. The van der Waals surface area contributed by atoms with Crippen LogP contribution >= 0.6 is 0 Å². The van der Waals surface area contributed by atoms with E-state index in [2.05, 4.69) is 6.92 Å². The van der Waals surface area contributed by atoms with E-state index in [-0.39, 0.29) is 5.92 Å². The summed E-state index contributed by atoms with van der Waals surface area (Å²) in [5.41, 5.74) is 0. The lowest BCUT2D eigenvalue weighted by Crippen LogP contribution is -2.18. The minimum Gasteiger partial charge on any atom is -0.481 e. The second-order valence-electron chi connectivity index (χ2n) is 4.42. The average molecular weight is 168 g/mol. The Morgan fingerprint density at radius 3 is 2.67 bits per heavy atom. The molecule has 0 bridgehead atoms. The van der Waals surface area contributed by atoms with Crippen molar-refractivity contribution >= 4 is 5.97 Å². The molecule has 0 aromatic heterocycles. The molecular formula is C10H16O2. The predicted molar refractivity (Wildman–Crippen MR) is 45.7 cm³/mol. The molecule has 68 valence electrons. The van der Waals surface area contributed by atoms with Crippen LogP contribution in [0.2, 0.25) is 0 Å². The van der Waals surface area contributed by atoms with Crippen molar-refractivity contribution in [3.05, 3.63) is 0 Å². The van der Waals surface area contributed by atoms with Gasteiger partial charge >= 0.3 is 5.97 Å². The summed E-state index contributed by atoms with van der Waals surface area (Å²) in [5, 5.41) is 8.98. The number of rotatable bonds is 1. The SMILES string of the molecule is C[C@@H]1C[C@H](C(=O)O)[C@@H]2CCC[C@@H]21. The van der Waals surface area contributed by atoms with Crippen LogP contribution in [0, 0.1) is 23.7 Å². The molecule has 2 rings (SSSR count). The molecule has 0 saturated heterocycles. The van der Waals surface area contributed by atoms with E-state index in [1.54, 1.807) is 0 Å². The Kier molecular flexibility index (Phi) is 1.85. The van der Waals surface area contributed by atoms with E-state index < -0.39 is 5.97 Å². The number of carboxylic acid groups (broad SMARTS) is 1. The first-order valence-electron chi connectivity index (χ1n) is 4.93. The van der Waals surface area contributed by atoms with E-state index in [1.807, 2.05) is 0 Å². The van der Waals surface area contributed by atoms with E-state index >= 15 is 0 Å². The smallest absolute Gasteiger partial charge is 0.306 e. The summed E-state index contributed by atoms with van der Waals surface area (Å²) < 4.78 is 0. The molecule has 0 unspecified atom stereocenters. The van der Waals surface area contributed by atoms with Crippen molar-refractivity contribution in [1.29, 1.82) is 0 Å². The van der Waals surface area contributed by atoms with Crippen molar-refractivity contribution in [3.63, 3.8) is 0 Å². The van der Waals surface area contributed by atoms with Crippen molar-refractivity contribution in [2.45, 2.75) is 32.6 Å². The number of carbonyl (C=O) groups is 1.